The van der Waals surface area contributed by atoms with Crippen LogP contribution < -0.4 is 0 Å². The minimum Gasteiger partial charge on any atom is -0.0651 e. The average Bonchev–Trinajstić information content (AvgIpc) is 2.76. The molecule has 0 spiro atoms. The summed E-state index contributed by atoms with van der Waals surface area (Å²) in [5.41, 5.74) is 0.757. The summed E-state index contributed by atoms with van der Waals surface area (Å²) in [4.78, 5) is 0. The molecule has 2 unspecified atom stereocenters. The quantitative estimate of drug-likeness (QED) is 0.501. The number of hydrogen-bond donors (Lipinski definition) is 0. The van der Waals surface area contributed by atoms with Crippen molar-refractivity contribution in [3.05, 3.63) is 0 Å². The number of rotatable bonds is 7. The summed E-state index contributed by atoms with van der Waals surface area (Å²) in [5, 5.41) is 0. The van der Waals surface area contributed by atoms with Gasteiger partial charge in [-0.3, -0.25) is 0 Å². The third-order valence-electron chi connectivity index (χ3n) is 4.06. The standard InChI is InChI=1S/C14H28/c1-5-13-11-14(13,4)10-8-6-7-9-12(2)3/h12-13H,5-11H2,1-4H3. The summed E-state index contributed by atoms with van der Waals surface area (Å²) in [5.74, 6) is 1.96. The second-order valence-corrected chi connectivity index (χ2v) is 5.96. The molecule has 0 heteroatoms. The Balaban J connectivity index is 1.95. The maximum absolute atomic E-state index is 2.49. The van der Waals surface area contributed by atoms with Gasteiger partial charge < -0.3 is 0 Å². The van der Waals surface area contributed by atoms with Crippen molar-refractivity contribution >= 4 is 0 Å². The lowest BCUT2D eigenvalue weighted by atomic mass is 9.95. The van der Waals surface area contributed by atoms with E-state index in [0.717, 1.165) is 17.3 Å². The Morgan fingerprint density at radius 1 is 1.21 bits per heavy atom. The molecular weight excluding hydrogens is 168 g/mol. The van der Waals surface area contributed by atoms with Gasteiger partial charge in [-0.1, -0.05) is 59.8 Å². The Labute approximate surface area is 90.5 Å². The molecule has 0 heterocycles. The summed E-state index contributed by atoms with van der Waals surface area (Å²) in [7, 11) is 0. The highest BCUT2D eigenvalue weighted by Gasteiger charge is 2.47. The maximum atomic E-state index is 2.49. The Hall–Kier alpha value is 0. The van der Waals surface area contributed by atoms with Gasteiger partial charge in [0, 0.05) is 0 Å². The monoisotopic (exact) mass is 196 g/mol. The Morgan fingerprint density at radius 3 is 2.43 bits per heavy atom. The molecule has 1 aliphatic rings. The van der Waals surface area contributed by atoms with E-state index in [1.807, 2.05) is 0 Å². The lowest BCUT2D eigenvalue weighted by Crippen LogP contribution is -1.97. The molecule has 1 aliphatic carbocycles. The smallest absolute Gasteiger partial charge is 0.0295 e. The average molecular weight is 196 g/mol. The lowest BCUT2D eigenvalue weighted by molar-refractivity contribution is 0.418. The first-order chi connectivity index (χ1) is 6.58. The first-order valence-corrected chi connectivity index (χ1v) is 6.58. The second-order valence-electron chi connectivity index (χ2n) is 5.96. The van der Waals surface area contributed by atoms with Crippen LogP contribution in [0.5, 0.6) is 0 Å². The topological polar surface area (TPSA) is 0 Å². The largest absolute Gasteiger partial charge is 0.0651 e. The van der Waals surface area contributed by atoms with Gasteiger partial charge in [-0.05, 0) is 30.1 Å². The van der Waals surface area contributed by atoms with Gasteiger partial charge in [0.1, 0.15) is 0 Å². The molecule has 0 N–H and O–H groups in total. The third-order valence-corrected chi connectivity index (χ3v) is 4.06. The predicted octanol–water partition coefficient (Wildman–Crippen LogP) is 5.03. The van der Waals surface area contributed by atoms with Crippen molar-refractivity contribution in [1.29, 1.82) is 0 Å². The van der Waals surface area contributed by atoms with E-state index < -0.39 is 0 Å². The van der Waals surface area contributed by atoms with Gasteiger partial charge in [0.2, 0.25) is 0 Å². The van der Waals surface area contributed by atoms with Crippen LogP contribution in [0.25, 0.3) is 0 Å². The predicted molar refractivity (Wildman–Crippen MR) is 64.4 cm³/mol. The summed E-state index contributed by atoms with van der Waals surface area (Å²) in [6, 6.07) is 0. The van der Waals surface area contributed by atoms with Crippen LogP contribution in [0.4, 0.5) is 0 Å². The zero-order valence-electron chi connectivity index (χ0n) is 10.6. The van der Waals surface area contributed by atoms with Crippen LogP contribution in [-0.4, -0.2) is 0 Å². The SMILES string of the molecule is CCC1CC1(C)CCCCCC(C)C. The zero-order chi connectivity index (χ0) is 10.6. The third kappa shape index (κ3) is 3.63. The van der Waals surface area contributed by atoms with Crippen molar-refractivity contribution in [2.45, 2.75) is 72.6 Å². The van der Waals surface area contributed by atoms with Crippen LogP contribution in [0.15, 0.2) is 0 Å². The Morgan fingerprint density at radius 2 is 1.93 bits per heavy atom. The summed E-state index contributed by atoms with van der Waals surface area (Å²) in [6.07, 6.45) is 10.2. The van der Waals surface area contributed by atoms with Gasteiger partial charge in [0.15, 0.2) is 0 Å². The molecule has 0 aromatic rings. The molecule has 0 radical (unpaired) electrons. The number of unbranched alkanes of at least 4 members (excludes halogenated alkanes) is 2. The molecule has 1 saturated carbocycles. The van der Waals surface area contributed by atoms with Gasteiger partial charge in [-0.25, -0.2) is 0 Å². The van der Waals surface area contributed by atoms with Crippen molar-refractivity contribution < 1.29 is 0 Å². The van der Waals surface area contributed by atoms with E-state index in [1.165, 1.54) is 44.9 Å². The van der Waals surface area contributed by atoms with Crippen molar-refractivity contribution in [3.63, 3.8) is 0 Å². The molecule has 0 aromatic carbocycles. The fraction of sp³-hybridized carbons (Fsp3) is 1.00. The highest BCUT2D eigenvalue weighted by molar-refractivity contribution is 4.97. The van der Waals surface area contributed by atoms with Crippen LogP contribution in [0.3, 0.4) is 0 Å². The molecule has 0 aliphatic heterocycles. The van der Waals surface area contributed by atoms with Crippen LogP contribution in [0, 0.1) is 17.3 Å². The van der Waals surface area contributed by atoms with E-state index in [2.05, 4.69) is 27.7 Å². The highest BCUT2D eigenvalue weighted by atomic mass is 14.5. The zero-order valence-corrected chi connectivity index (χ0v) is 10.6. The molecule has 1 fully saturated rings. The van der Waals surface area contributed by atoms with Gasteiger partial charge in [-0.15, -0.1) is 0 Å². The van der Waals surface area contributed by atoms with Gasteiger partial charge in [0.05, 0.1) is 0 Å². The number of hydrogen-bond acceptors (Lipinski definition) is 0. The molecule has 0 amide bonds. The van der Waals surface area contributed by atoms with E-state index in [1.54, 1.807) is 0 Å². The minimum atomic E-state index is 0.757. The van der Waals surface area contributed by atoms with Crippen LogP contribution >= 0.6 is 0 Å². The molecule has 14 heavy (non-hydrogen) atoms. The molecule has 84 valence electrons. The molecule has 0 aromatic heterocycles. The van der Waals surface area contributed by atoms with E-state index in [0.29, 0.717) is 0 Å². The summed E-state index contributed by atoms with van der Waals surface area (Å²) >= 11 is 0. The summed E-state index contributed by atoms with van der Waals surface area (Å²) in [6.45, 7) is 9.49. The van der Waals surface area contributed by atoms with Crippen LogP contribution in [-0.2, 0) is 0 Å². The van der Waals surface area contributed by atoms with Crippen molar-refractivity contribution in [2.75, 3.05) is 0 Å². The van der Waals surface area contributed by atoms with Crippen molar-refractivity contribution in [3.8, 4) is 0 Å². The fourth-order valence-corrected chi connectivity index (χ4v) is 2.71. The Bertz CT molecular complexity index is 159. The first-order valence-electron chi connectivity index (χ1n) is 6.58. The molecule has 1 rings (SSSR count). The normalized spacial score (nSPS) is 31.1. The molecule has 0 bridgehead atoms. The highest BCUT2D eigenvalue weighted by Crippen LogP contribution is 2.57. The van der Waals surface area contributed by atoms with Gasteiger partial charge in [-0.2, -0.15) is 0 Å². The van der Waals surface area contributed by atoms with E-state index in [-0.39, 0.29) is 0 Å². The molecule has 0 saturated heterocycles. The fourth-order valence-electron chi connectivity index (χ4n) is 2.71. The first kappa shape index (κ1) is 12.1. The van der Waals surface area contributed by atoms with E-state index in [9.17, 15) is 0 Å². The lowest BCUT2D eigenvalue weighted by Gasteiger charge is -2.10. The van der Waals surface area contributed by atoms with E-state index >= 15 is 0 Å². The maximum Gasteiger partial charge on any atom is -0.0295 e. The van der Waals surface area contributed by atoms with Crippen LogP contribution in [0.2, 0.25) is 0 Å². The van der Waals surface area contributed by atoms with E-state index in [4.69, 9.17) is 0 Å². The minimum absolute atomic E-state index is 0.757. The molecule has 0 nitrogen and oxygen atoms in total. The summed E-state index contributed by atoms with van der Waals surface area (Å²) < 4.78 is 0. The van der Waals surface area contributed by atoms with Gasteiger partial charge in [0.25, 0.3) is 0 Å². The van der Waals surface area contributed by atoms with Crippen molar-refractivity contribution in [1.82, 2.24) is 0 Å². The molecule has 2 atom stereocenters. The van der Waals surface area contributed by atoms with Crippen molar-refractivity contribution in [2.24, 2.45) is 17.3 Å². The second kappa shape index (κ2) is 5.19. The Kier molecular flexibility index (Phi) is 4.47. The van der Waals surface area contributed by atoms with Crippen LogP contribution in [0.1, 0.15) is 72.6 Å². The van der Waals surface area contributed by atoms with Gasteiger partial charge >= 0.3 is 0 Å². The molecular formula is C14H28.